The second-order valence-electron chi connectivity index (χ2n) is 6.09. The molecule has 0 saturated heterocycles. The van der Waals surface area contributed by atoms with Crippen molar-refractivity contribution in [3.63, 3.8) is 0 Å². The molecule has 1 aromatic carbocycles. The van der Waals surface area contributed by atoms with E-state index in [1.807, 2.05) is 12.1 Å². The summed E-state index contributed by atoms with van der Waals surface area (Å²) in [5.74, 6) is 0.351. The summed E-state index contributed by atoms with van der Waals surface area (Å²) in [5.41, 5.74) is 1.85. The number of carbonyl (C=O) groups excluding carboxylic acids is 1. The van der Waals surface area contributed by atoms with E-state index in [1.165, 1.54) is 5.56 Å². The van der Waals surface area contributed by atoms with Gasteiger partial charge in [-0.05, 0) is 24.4 Å². The molecule has 1 rings (SSSR count). The molecule has 0 bridgehead atoms. The van der Waals surface area contributed by atoms with Crippen LogP contribution < -0.4 is 5.32 Å². The van der Waals surface area contributed by atoms with E-state index in [4.69, 9.17) is 0 Å². The molecule has 0 aliphatic rings. The first kappa shape index (κ1) is 19.2. The van der Waals surface area contributed by atoms with E-state index in [0.717, 1.165) is 26.1 Å². The van der Waals surface area contributed by atoms with Crippen LogP contribution in [-0.2, 0) is 11.3 Å². The molecule has 0 saturated carbocycles. The maximum Gasteiger partial charge on any atom is 0.250 e. The lowest BCUT2D eigenvalue weighted by atomic mass is 10.1. The molecule has 1 N–H and O–H groups in total. The highest BCUT2D eigenvalue weighted by Gasteiger charge is 2.05. The fraction of sp³-hybridized carbons (Fsp3) is 0.450. The molecular weight excluding hydrogens is 284 g/mol. The van der Waals surface area contributed by atoms with Gasteiger partial charge in [0.25, 0.3) is 5.91 Å². The first-order chi connectivity index (χ1) is 11.0. The first-order valence-electron chi connectivity index (χ1n) is 8.44. The summed E-state index contributed by atoms with van der Waals surface area (Å²) in [6.45, 7) is 13.7. The number of allylic oxidation sites excluding steroid dienone is 1. The number of hydrogen-bond donors (Lipinski definition) is 1. The number of rotatable bonds is 10. The molecule has 1 amide bonds. The summed E-state index contributed by atoms with van der Waals surface area (Å²) in [6.07, 6.45) is 4.72. The Labute approximate surface area is 141 Å². The van der Waals surface area contributed by atoms with Gasteiger partial charge in [-0.15, -0.1) is 0 Å². The van der Waals surface area contributed by atoms with Crippen molar-refractivity contribution in [2.75, 3.05) is 19.6 Å². The highest BCUT2D eigenvalue weighted by Crippen LogP contribution is 2.04. The van der Waals surface area contributed by atoms with Gasteiger partial charge in [-0.2, -0.15) is 0 Å². The molecule has 0 aliphatic carbocycles. The summed E-state index contributed by atoms with van der Waals surface area (Å²) in [6, 6.07) is 10.5. The molecule has 3 heteroatoms. The van der Waals surface area contributed by atoms with Gasteiger partial charge < -0.3 is 5.32 Å². The second kappa shape index (κ2) is 10.8. The fourth-order valence-corrected chi connectivity index (χ4v) is 2.19. The second-order valence-corrected chi connectivity index (χ2v) is 6.09. The number of hydrogen-bond acceptors (Lipinski definition) is 2. The average molecular weight is 314 g/mol. The monoisotopic (exact) mass is 314 g/mol. The zero-order chi connectivity index (χ0) is 17.1. The van der Waals surface area contributed by atoms with Gasteiger partial charge in [-0.25, -0.2) is 0 Å². The number of carbonyl (C=O) groups is 1. The van der Waals surface area contributed by atoms with Crippen molar-refractivity contribution >= 4 is 5.91 Å². The largest absolute Gasteiger partial charge is 0.352 e. The Morgan fingerprint density at radius 1 is 1.30 bits per heavy atom. The quantitative estimate of drug-likeness (QED) is 0.405. The highest BCUT2D eigenvalue weighted by molar-refractivity contribution is 5.95. The van der Waals surface area contributed by atoms with Crippen LogP contribution in [0, 0.1) is 5.92 Å². The number of amides is 1. The van der Waals surface area contributed by atoms with Gasteiger partial charge in [-0.1, -0.05) is 69.8 Å². The van der Waals surface area contributed by atoms with E-state index in [2.05, 4.69) is 61.8 Å². The van der Waals surface area contributed by atoms with Crippen molar-refractivity contribution in [2.45, 2.75) is 33.7 Å². The van der Waals surface area contributed by atoms with E-state index >= 15 is 0 Å². The summed E-state index contributed by atoms with van der Waals surface area (Å²) in [7, 11) is 0. The van der Waals surface area contributed by atoms with Crippen LogP contribution in [0.2, 0.25) is 0 Å². The van der Waals surface area contributed by atoms with Crippen molar-refractivity contribution in [3.05, 3.63) is 60.2 Å². The molecule has 0 aromatic heterocycles. The minimum atomic E-state index is -0.0759. The first-order valence-corrected chi connectivity index (χ1v) is 8.44. The Morgan fingerprint density at radius 2 is 2.00 bits per heavy atom. The van der Waals surface area contributed by atoms with Gasteiger partial charge in [-0.3, -0.25) is 9.69 Å². The third kappa shape index (κ3) is 8.36. The van der Waals surface area contributed by atoms with Crippen LogP contribution in [0.3, 0.4) is 0 Å². The van der Waals surface area contributed by atoms with Crippen molar-refractivity contribution in [2.24, 2.45) is 5.92 Å². The van der Waals surface area contributed by atoms with Crippen molar-refractivity contribution in [1.29, 1.82) is 0 Å². The molecule has 0 atom stereocenters. The average Bonchev–Trinajstić information content (AvgIpc) is 2.55. The van der Waals surface area contributed by atoms with E-state index in [9.17, 15) is 4.79 Å². The third-order valence-electron chi connectivity index (χ3n) is 3.61. The van der Waals surface area contributed by atoms with Gasteiger partial charge in [0, 0.05) is 25.2 Å². The van der Waals surface area contributed by atoms with Crippen LogP contribution in [0.5, 0.6) is 0 Å². The minimum Gasteiger partial charge on any atom is -0.352 e. The van der Waals surface area contributed by atoms with Gasteiger partial charge in [0.1, 0.15) is 0 Å². The Morgan fingerprint density at radius 3 is 2.61 bits per heavy atom. The van der Waals surface area contributed by atoms with E-state index in [-0.39, 0.29) is 5.91 Å². The molecule has 0 unspecified atom stereocenters. The van der Waals surface area contributed by atoms with Crippen molar-refractivity contribution < 1.29 is 4.79 Å². The van der Waals surface area contributed by atoms with Crippen LogP contribution in [0.1, 0.15) is 32.8 Å². The number of nitrogens with one attached hydrogen (secondary N) is 1. The van der Waals surface area contributed by atoms with Gasteiger partial charge in [0.05, 0.1) is 0 Å². The molecule has 126 valence electrons. The zero-order valence-corrected chi connectivity index (χ0v) is 14.7. The summed E-state index contributed by atoms with van der Waals surface area (Å²) in [4.78, 5) is 14.3. The van der Waals surface area contributed by atoms with Gasteiger partial charge in [0.2, 0.25) is 0 Å². The molecule has 0 radical (unpaired) electrons. The predicted octanol–water partition coefficient (Wildman–Crippen LogP) is 3.78. The van der Waals surface area contributed by atoms with Crippen molar-refractivity contribution in [1.82, 2.24) is 10.2 Å². The Bertz CT molecular complexity index is 506. The number of nitrogens with zero attached hydrogens (tertiary/aromatic N) is 1. The molecule has 0 aliphatic heterocycles. The van der Waals surface area contributed by atoms with Crippen LogP contribution in [0.15, 0.2) is 54.6 Å². The summed E-state index contributed by atoms with van der Waals surface area (Å²) >= 11 is 0. The Kier molecular flexibility index (Phi) is 9.00. The van der Waals surface area contributed by atoms with E-state index in [0.29, 0.717) is 18.0 Å². The lowest BCUT2D eigenvalue weighted by molar-refractivity contribution is -0.117. The van der Waals surface area contributed by atoms with Crippen LogP contribution in [0.25, 0.3) is 0 Å². The molecular formula is C20H30N2O. The maximum atomic E-state index is 11.9. The lowest BCUT2D eigenvalue weighted by Crippen LogP contribution is -2.30. The highest BCUT2D eigenvalue weighted by atomic mass is 16.1. The Balaban J connectivity index is 2.27. The topological polar surface area (TPSA) is 32.3 Å². The summed E-state index contributed by atoms with van der Waals surface area (Å²) in [5, 5.41) is 2.93. The zero-order valence-electron chi connectivity index (χ0n) is 14.7. The third-order valence-corrected chi connectivity index (χ3v) is 3.61. The lowest BCUT2D eigenvalue weighted by Gasteiger charge is -2.20. The van der Waals surface area contributed by atoms with Crippen molar-refractivity contribution in [3.8, 4) is 0 Å². The standard InChI is InChI=1S/C20H30N2O/c1-5-22(16-19-10-7-6-8-11-19)15-9-14-21-20(23)18(4)13-12-17(2)3/h6-8,10-13,17H,4-5,9,14-16H2,1-3H3,(H,21,23)/b13-12-. The summed E-state index contributed by atoms with van der Waals surface area (Å²) < 4.78 is 0. The smallest absolute Gasteiger partial charge is 0.250 e. The maximum absolute atomic E-state index is 11.9. The van der Waals surface area contributed by atoms with Crippen LogP contribution >= 0.6 is 0 Å². The molecule has 0 spiro atoms. The molecule has 23 heavy (non-hydrogen) atoms. The van der Waals surface area contributed by atoms with E-state index in [1.54, 1.807) is 6.08 Å². The molecule has 3 nitrogen and oxygen atoms in total. The molecule has 0 heterocycles. The van der Waals surface area contributed by atoms with Gasteiger partial charge >= 0.3 is 0 Å². The normalized spacial score (nSPS) is 11.3. The predicted molar refractivity (Wildman–Crippen MR) is 98.1 cm³/mol. The fourth-order valence-electron chi connectivity index (χ4n) is 2.19. The van der Waals surface area contributed by atoms with Crippen LogP contribution in [0.4, 0.5) is 0 Å². The van der Waals surface area contributed by atoms with Crippen LogP contribution in [-0.4, -0.2) is 30.4 Å². The number of benzene rings is 1. The van der Waals surface area contributed by atoms with E-state index < -0.39 is 0 Å². The SMILES string of the molecule is C=C(/C=C\C(C)C)C(=O)NCCCN(CC)Cc1ccccc1. The Hall–Kier alpha value is -1.87. The van der Waals surface area contributed by atoms with Gasteiger partial charge in [0.15, 0.2) is 0 Å². The molecule has 1 aromatic rings. The molecule has 0 fully saturated rings. The minimum absolute atomic E-state index is 0.0759.